The van der Waals surface area contributed by atoms with Gasteiger partial charge in [0.2, 0.25) is 5.91 Å². The van der Waals surface area contributed by atoms with Crippen LogP contribution in [-0.4, -0.2) is 73.4 Å². The number of carbonyl (C=O) groups is 1. The van der Waals surface area contributed by atoms with Gasteiger partial charge in [0.25, 0.3) is 0 Å². The smallest absolute Gasteiger partial charge is 0.387 e. The lowest BCUT2D eigenvalue weighted by atomic mass is 10.0. The largest absolute Gasteiger partial charge is 0.472 e. The van der Waals surface area contributed by atoms with Crippen LogP contribution in [0.3, 0.4) is 0 Å². The monoisotopic (exact) mass is 1240 g/mol. The fourth-order valence-corrected chi connectivity index (χ4v) is 11.6. The normalized spacial score (nSPS) is 14.1. The van der Waals surface area contributed by atoms with Gasteiger partial charge in [-0.1, -0.05) is 349 Å². The summed E-state index contributed by atoms with van der Waals surface area (Å²) < 4.78 is 23.8. The van der Waals surface area contributed by atoms with Crippen LogP contribution < -0.4 is 5.32 Å². The minimum absolute atomic E-state index is 0.0533. The van der Waals surface area contributed by atoms with Gasteiger partial charge in [0.15, 0.2) is 0 Å². The van der Waals surface area contributed by atoms with E-state index >= 15 is 0 Å². The number of phosphoric ester groups is 1. The maximum absolute atomic E-state index is 13.1. The molecule has 0 spiro atoms. The first-order chi connectivity index (χ1) is 42.5. The summed E-state index contributed by atoms with van der Waals surface area (Å²) in [4.78, 5) is 23.5. The number of allylic oxidation sites excluding steroid dienone is 15. The summed E-state index contributed by atoms with van der Waals surface area (Å²) in [6.45, 7) is 4.72. The van der Waals surface area contributed by atoms with Crippen LogP contribution in [-0.2, 0) is 18.4 Å². The molecular formula is C78H144N2O6P+. The zero-order valence-corrected chi connectivity index (χ0v) is 58.9. The fraction of sp³-hybridized carbons (Fsp3) is 0.782. The lowest BCUT2D eigenvalue weighted by Crippen LogP contribution is -2.45. The van der Waals surface area contributed by atoms with Crippen molar-refractivity contribution in [2.45, 2.75) is 353 Å². The van der Waals surface area contributed by atoms with Crippen molar-refractivity contribution in [2.75, 3.05) is 40.9 Å². The Morgan fingerprint density at radius 3 is 1.06 bits per heavy atom. The summed E-state index contributed by atoms with van der Waals surface area (Å²) in [6, 6.07) is -0.871. The van der Waals surface area contributed by atoms with Gasteiger partial charge in [-0.15, -0.1) is 0 Å². The van der Waals surface area contributed by atoms with Gasteiger partial charge >= 0.3 is 7.82 Å². The molecule has 9 heteroatoms. The van der Waals surface area contributed by atoms with Gasteiger partial charge in [0.05, 0.1) is 39.9 Å². The van der Waals surface area contributed by atoms with Gasteiger partial charge in [-0.25, -0.2) is 4.57 Å². The molecule has 3 N–H and O–H groups in total. The van der Waals surface area contributed by atoms with E-state index < -0.39 is 20.0 Å². The van der Waals surface area contributed by atoms with Gasteiger partial charge in [-0.3, -0.25) is 13.8 Å². The zero-order valence-electron chi connectivity index (χ0n) is 58.0. The Balaban J connectivity index is 4.08. The van der Waals surface area contributed by atoms with E-state index in [-0.39, 0.29) is 19.1 Å². The predicted octanol–water partition coefficient (Wildman–Crippen LogP) is 24.1. The number of rotatable bonds is 68. The molecule has 0 saturated carbocycles. The molecule has 0 heterocycles. The maximum atomic E-state index is 13.1. The number of amides is 1. The van der Waals surface area contributed by atoms with Crippen molar-refractivity contribution < 1.29 is 32.9 Å². The zero-order chi connectivity index (χ0) is 63.4. The van der Waals surface area contributed by atoms with Crippen molar-refractivity contribution in [2.24, 2.45) is 0 Å². The van der Waals surface area contributed by atoms with Crippen LogP contribution in [0.4, 0.5) is 0 Å². The molecule has 0 aliphatic carbocycles. The highest BCUT2D eigenvalue weighted by atomic mass is 31.2. The summed E-state index contributed by atoms with van der Waals surface area (Å²) in [5.74, 6) is -0.186. The van der Waals surface area contributed by atoms with Gasteiger partial charge in [-0.05, 0) is 83.5 Å². The quantitative estimate of drug-likeness (QED) is 0.0243. The van der Waals surface area contributed by atoms with E-state index in [0.717, 1.165) is 77.0 Å². The molecule has 1 amide bonds. The average molecular weight is 1240 g/mol. The minimum atomic E-state index is -4.37. The van der Waals surface area contributed by atoms with E-state index in [9.17, 15) is 19.4 Å². The molecule has 0 aromatic rings. The topological polar surface area (TPSA) is 105 Å². The standard InChI is InChI=1S/C78H143N2O6P/c1-6-8-10-12-14-16-18-20-22-24-26-28-30-32-34-36-38-40-42-44-46-48-50-52-54-56-58-60-62-64-66-68-70-72-78(82)79-76(75-86-87(83,84)85-74-73-80(3,4)5)77(81)71-69-67-65-63-61-59-57-55-53-51-49-47-45-43-41-39-37-35-33-31-29-27-25-23-21-19-17-15-13-11-9-7-2/h8,10,14,16,20,22,26,28,32,34,38,40,61,63,69,71,76-77,81H,6-7,9,11-13,15,17-19,21,23-25,27,29-31,33,35-37,39,41-60,62,64-68,70,72-75H2,1-5H3,(H-,79,82,83,84)/p+1/b10-8-,16-14-,22-20-,28-26-,34-32-,40-38-,63-61+,71-69+. The predicted molar refractivity (Wildman–Crippen MR) is 383 cm³/mol. The van der Waals surface area contributed by atoms with Crippen molar-refractivity contribution in [3.63, 3.8) is 0 Å². The lowest BCUT2D eigenvalue weighted by molar-refractivity contribution is -0.870. The number of unbranched alkanes of at least 4 members (excludes halogenated alkanes) is 41. The fourth-order valence-electron chi connectivity index (χ4n) is 10.8. The van der Waals surface area contributed by atoms with E-state index in [4.69, 9.17) is 9.05 Å². The van der Waals surface area contributed by atoms with Crippen molar-refractivity contribution in [3.8, 4) is 0 Å². The molecule has 0 aliphatic rings. The molecule has 3 atom stereocenters. The van der Waals surface area contributed by atoms with Gasteiger partial charge in [0, 0.05) is 6.42 Å². The maximum Gasteiger partial charge on any atom is 0.472 e. The molecule has 0 rings (SSSR count). The van der Waals surface area contributed by atoms with E-state index in [1.165, 1.54) is 244 Å². The molecule has 0 fully saturated rings. The van der Waals surface area contributed by atoms with Crippen molar-refractivity contribution in [1.29, 1.82) is 0 Å². The summed E-state index contributed by atoms with van der Waals surface area (Å²) in [5.41, 5.74) is 0. The second kappa shape index (κ2) is 67.8. The SMILES string of the molecule is CC/C=C\C/C=C\C/C=C\C/C=C\C/C=C\C/C=C\CCCCCCCCCCCCCCCCC(=O)NC(COP(=O)(O)OCC[N+](C)(C)C)C(O)/C=C/CC/C=C/CCCCCCCCCCCCCCCCCCCCCCCCCCCC. The Morgan fingerprint density at radius 2 is 0.701 bits per heavy atom. The molecule has 0 aromatic heterocycles. The molecule has 3 unspecified atom stereocenters. The Labute approximate surface area is 540 Å². The molecule has 0 aliphatic heterocycles. The molecule has 0 radical (unpaired) electrons. The molecule has 0 saturated heterocycles. The first kappa shape index (κ1) is 84.4. The third kappa shape index (κ3) is 70.7. The molecule has 87 heavy (non-hydrogen) atoms. The Hall–Kier alpha value is -2.58. The van der Waals surface area contributed by atoms with Crippen LogP contribution in [0.15, 0.2) is 97.2 Å². The second-order valence-corrected chi connectivity index (χ2v) is 27.7. The molecule has 0 aromatic carbocycles. The highest BCUT2D eigenvalue weighted by Crippen LogP contribution is 2.43. The summed E-state index contributed by atoms with van der Waals surface area (Å²) in [5, 5.41) is 14.0. The Kier molecular flexibility index (Phi) is 65.8. The van der Waals surface area contributed by atoms with Crippen LogP contribution in [0, 0.1) is 0 Å². The second-order valence-electron chi connectivity index (χ2n) is 26.3. The number of carbonyl (C=O) groups excluding carboxylic acids is 1. The van der Waals surface area contributed by atoms with Crippen molar-refractivity contribution >= 4 is 13.7 Å². The molecule has 506 valence electrons. The highest BCUT2D eigenvalue weighted by Gasteiger charge is 2.28. The number of phosphoric acid groups is 1. The summed E-state index contributed by atoms with van der Waals surface area (Å²) >= 11 is 0. The number of hydrogen-bond acceptors (Lipinski definition) is 5. The number of aliphatic hydroxyl groups is 1. The summed E-state index contributed by atoms with van der Waals surface area (Å²) in [6.07, 6.45) is 98.6. The number of aliphatic hydroxyl groups excluding tert-OH is 1. The van der Waals surface area contributed by atoms with E-state index in [0.29, 0.717) is 17.4 Å². The van der Waals surface area contributed by atoms with Crippen LogP contribution in [0.5, 0.6) is 0 Å². The van der Waals surface area contributed by atoms with Gasteiger partial charge in [0.1, 0.15) is 13.2 Å². The number of likely N-dealkylation sites (N-methyl/N-ethyl adjacent to an activating group) is 1. The average Bonchev–Trinajstić information content (AvgIpc) is 3.71. The Bertz CT molecular complexity index is 1740. The van der Waals surface area contributed by atoms with E-state index in [1.807, 2.05) is 27.2 Å². The van der Waals surface area contributed by atoms with Gasteiger partial charge < -0.3 is 19.8 Å². The number of hydrogen-bond donors (Lipinski definition) is 3. The number of nitrogens with zero attached hydrogens (tertiary/aromatic N) is 1. The van der Waals surface area contributed by atoms with Crippen LogP contribution in [0.2, 0.25) is 0 Å². The first-order valence-corrected chi connectivity index (χ1v) is 38.6. The number of nitrogens with one attached hydrogen (secondary N) is 1. The van der Waals surface area contributed by atoms with Gasteiger partial charge in [-0.2, -0.15) is 0 Å². The molecular weight excluding hydrogens is 1090 g/mol. The highest BCUT2D eigenvalue weighted by molar-refractivity contribution is 7.47. The van der Waals surface area contributed by atoms with E-state index in [2.05, 4.69) is 104 Å². The number of quaternary nitrogens is 1. The lowest BCUT2D eigenvalue weighted by Gasteiger charge is -2.25. The van der Waals surface area contributed by atoms with Crippen LogP contribution in [0.1, 0.15) is 341 Å². The third-order valence-electron chi connectivity index (χ3n) is 16.5. The third-order valence-corrected chi connectivity index (χ3v) is 17.5. The van der Waals surface area contributed by atoms with Crippen LogP contribution in [0.25, 0.3) is 0 Å². The molecule has 0 bridgehead atoms. The summed E-state index contributed by atoms with van der Waals surface area (Å²) in [7, 11) is 1.56. The Morgan fingerprint density at radius 1 is 0.402 bits per heavy atom. The minimum Gasteiger partial charge on any atom is -0.387 e. The van der Waals surface area contributed by atoms with Crippen molar-refractivity contribution in [3.05, 3.63) is 97.2 Å². The van der Waals surface area contributed by atoms with Crippen LogP contribution >= 0.6 is 7.82 Å². The first-order valence-electron chi connectivity index (χ1n) is 37.1. The van der Waals surface area contributed by atoms with Crippen molar-refractivity contribution in [1.82, 2.24) is 5.32 Å². The van der Waals surface area contributed by atoms with E-state index in [1.54, 1.807) is 6.08 Å². The molecule has 8 nitrogen and oxygen atoms in total.